The van der Waals surface area contributed by atoms with Crippen molar-refractivity contribution in [3.05, 3.63) is 0 Å². The van der Waals surface area contributed by atoms with E-state index in [4.69, 9.17) is 5.11 Å². The van der Waals surface area contributed by atoms with Gasteiger partial charge in [-0.3, -0.25) is 0 Å². The van der Waals surface area contributed by atoms with Crippen LogP contribution >= 0.6 is 0 Å². The van der Waals surface area contributed by atoms with E-state index in [0.717, 1.165) is 30.8 Å². The monoisotopic (exact) mass is 181 g/mol. The smallest absolute Gasteiger partial charge is 0.0483 e. The van der Waals surface area contributed by atoms with Crippen LogP contribution in [-0.2, 0) is 0 Å². The minimum Gasteiger partial charge on any atom is -0.396 e. The van der Waals surface area contributed by atoms with Crippen molar-refractivity contribution in [2.45, 2.75) is 19.3 Å². The van der Waals surface area contributed by atoms with Gasteiger partial charge >= 0.3 is 0 Å². The largest absolute Gasteiger partial charge is 0.396 e. The molecule has 13 heavy (non-hydrogen) atoms. The van der Waals surface area contributed by atoms with E-state index in [9.17, 15) is 0 Å². The molecule has 3 fully saturated rings. The fourth-order valence-corrected chi connectivity index (χ4v) is 3.30. The van der Waals surface area contributed by atoms with E-state index in [1.165, 1.54) is 25.8 Å². The van der Waals surface area contributed by atoms with Crippen LogP contribution in [0.25, 0.3) is 0 Å². The predicted octanol–water partition coefficient (Wildman–Crippen LogP) is 0.957. The molecule has 1 N–H and O–H groups in total. The first-order chi connectivity index (χ1) is 6.35. The number of hydrogen-bond donors (Lipinski definition) is 1. The van der Waals surface area contributed by atoms with E-state index in [1.807, 2.05) is 0 Å². The third kappa shape index (κ3) is 1.50. The zero-order valence-electron chi connectivity index (χ0n) is 8.15. The minimum atomic E-state index is 0.395. The second kappa shape index (κ2) is 2.96. The number of aliphatic hydroxyl groups excluding tert-OH is 1. The molecule has 0 amide bonds. The maximum atomic E-state index is 8.89. The van der Waals surface area contributed by atoms with Crippen LogP contribution in [0, 0.1) is 23.7 Å². The predicted molar refractivity (Wildman–Crippen MR) is 51.3 cm³/mol. The summed E-state index contributed by atoms with van der Waals surface area (Å²) in [7, 11) is 0. The SMILES string of the molecule is OCC1CN(CC2CC3CC3C2)C1. The van der Waals surface area contributed by atoms with Crippen LogP contribution in [0.1, 0.15) is 19.3 Å². The van der Waals surface area contributed by atoms with E-state index < -0.39 is 0 Å². The van der Waals surface area contributed by atoms with Gasteiger partial charge in [0.05, 0.1) is 0 Å². The Morgan fingerprint density at radius 3 is 2.31 bits per heavy atom. The number of fused-ring (bicyclic) bond motifs is 1. The van der Waals surface area contributed by atoms with Gasteiger partial charge in [0.1, 0.15) is 0 Å². The third-order valence-corrected chi connectivity index (χ3v) is 4.15. The average molecular weight is 181 g/mol. The molecule has 0 radical (unpaired) electrons. The Bertz CT molecular complexity index is 190. The van der Waals surface area contributed by atoms with E-state index in [1.54, 1.807) is 0 Å². The summed E-state index contributed by atoms with van der Waals surface area (Å²) in [6, 6.07) is 0. The van der Waals surface area contributed by atoms with Gasteiger partial charge in [0.2, 0.25) is 0 Å². The first kappa shape index (κ1) is 8.25. The van der Waals surface area contributed by atoms with Crippen molar-refractivity contribution in [2.75, 3.05) is 26.2 Å². The number of likely N-dealkylation sites (tertiary alicyclic amines) is 1. The summed E-state index contributed by atoms with van der Waals surface area (Å²) in [4.78, 5) is 2.52. The first-order valence-corrected chi connectivity index (χ1v) is 5.68. The first-order valence-electron chi connectivity index (χ1n) is 5.68. The van der Waals surface area contributed by atoms with Crippen molar-refractivity contribution in [3.63, 3.8) is 0 Å². The van der Waals surface area contributed by atoms with E-state index in [0.29, 0.717) is 12.5 Å². The molecule has 0 bridgehead atoms. The fraction of sp³-hybridized carbons (Fsp3) is 1.00. The molecule has 0 aromatic rings. The van der Waals surface area contributed by atoms with E-state index in [-0.39, 0.29) is 0 Å². The number of hydrogen-bond acceptors (Lipinski definition) is 2. The van der Waals surface area contributed by atoms with Crippen molar-refractivity contribution in [2.24, 2.45) is 23.7 Å². The molecule has 2 saturated carbocycles. The number of rotatable bonds is 3. The highest BCUT2D eigenvalue weighted by Gasteiger charge is 2.46. The maximum Gasteiger partial charge on any atom is 0.0483 e. The molecule has 2 nitrogen and oxygen atoms in total. The molecule has 3 aliphatic rings. The summed E-state index contributed by atoms with van der Waals surface area (Å²) in [5.74, 6) is 3.85. The Balaban J connectivity index is 1.40. The Hall–Kier alpha value is -0.0800. The molecule has 1 aliphatic heterocycles. The molecule has 74 valence electrons. The van der Waals surface area contributed by atoms with Crippen molar-refractivity contribution < 1.29 is 5.11 Å². The van der Waals surface area contributed by atoms with E-state index in [2.05, 4.69) is 4.90 Å². The van der Waals surface area contributed by atoms with Gasteiger partial charge in [-0.1, -0.05) is 0 Å². The summed E-state index contributed by atoms with van der Waals surface area (Å²) in [5, 5.41) is 8.89. The standard InChI is InChI=1S/C11H19NO/c13-7-9-5-12(6-9)4-8-1-10-3-11(10)2-8/h8-11,13H,1-7H2. The summed E-state index contributed by atoms with van der Waals surface area (Å²) < 4.78 is 0. The lowest BCUT2D eigenvalue weighted by Gasteiger charge is -2.40. The van der Waals surface area contributed by atoms with Crippen LogP contribution in [0.4, 0.5) is 0 Å². The second-order valence-electron chi connectivity index (χ2n) is 5.36. The molecule has 2 heteroatoms. The molecule has 1 heterocycles. The van der Waals surface area contributed by atoms with Crippen LogP contribution in [-0.4, -0.2) is 36.2 Å². The average Bonchev–Trinajstić information content (AvgIpc) is 2.66. The van der Waals surface area contributed by atoms with Crippen molar-refractivity contribution in [1.29, 1.82) is 0 Å². The van der Waals surface area contributed by atoms with Crippen LogP contribution in [0.15, 0.2) is 0 Å². The summed E-state index contributed by atoms with van der Waals surface area (Å²) in [6.07, 6.45) is 4.55. The van der Waals surface area contributed by atoms with Crippen molar-refractivity contribution in [1.82, 2.24) is 4.90 Å². The lowest BCUT2D eigenvalue weighted by Crippen LogP contribution is -2.49. The summed E-state index contributed by atoms with van der Waals surface area (Å²) in [6.45, 7) is 4.03. The molecule has 0 spiro atoms. The molecular weight excluding hydrogens is 162 g/mol. The van der Waals surface area contributed by atoms with Gasteiger partial charge in [-0.15, -0.1) is 0 Å². The molecular formula is C11H19NO. The topological polar surface area (TPSA) is 23.5 Å². The molecule has 2 atom stereocenters. The van der Waals surface area contributed by atoms with Gasteiger partial charge in [0.15, 0.2) is 0 Å². The van der Waals surface area contributed by atoms with Gasteiger partial charge in [-0.05, 0) is 37.0 Å². The van der Waals surface area contributed by atoms with Gasteiger partial charge in [0, 0.05) is 32.2 Å². The van der Waals surface area contributed by atoms with Crippen molar-refractivity contribution in [3.8, 4) is 0 Å². The van der Waals surface area contributed by atoms with Gasteiger partial charge in [-0.25, -0.2) is 0 Å². The van der Waals surface area contributed by atoms with Crippen LogP contribution in [0.3, 0.4) is 0 Å². The molecule has 0 aromatic heterocycles. The minimum absolute atomic E-state index is 0.395. The lowest BCUT2D eigenvalue weighted by atomic mass is 9.96. The third-order valence-electron chi connectivity index (χ3n) is 4.15. The molecule has 0 aromatic carbocycles. The molecule has 1 saturated heterocycles. The van der Waals surface area contributed by atoms with Crippen LogP contribution < -0.4 is 0 Å². The molecule has 2 unspecified atom stereocenters. The van der Waals surface area contributed by atoms with Gasteiger partial charge in [0.25, 0.3) is 0 Å². The number of nitrogens with zero attached hydrogens (tertiary/aromatic N) is 1. The Morgan fingerprint density at radius 2 is 1.69 bits per heavy atom. The Morgan fingerprint density at radius 1 is 1.00 bits per heavy atom. The fourth-order valence-electron chi connectivity index (χ4n) is 3.30. The van der Waals surface area contributed by atoms with Crippen LogP contribution in [0.2, 0.25) is 0 Å². The maximum absolute atomic E-state index is 8.89. The molecule has 2 aliphatic carbocycles. The van der Waals surface area contributed by atoms with Crippen LogP contribution in [0.5, 0.6) is 0 Å². The number of aliphatic hydroxyl groups is 1. The quantitative estimate of drug-likeness (QED) is 0.701. The summed E-state index contributed by atoms with van der Waals surface area (Å²) >= 11 is 0. The van der Waals surface area contributed by atoms with E-state index >= 15 is 0 Å². The Kier molecular flexibility index (Phi) is 1.88. The lowest BCUT2D eigenvalue weighted by molar-refractivity contribution is 0.0409. The normalized spacial score (nSPS) is 44.5. The van der Waals surface area contributed by atoms with Gasteiger partial charge < -0.3 is 10.0 Å². The van der Waals surface area contributed by atoms with Crippen molar-refractivity contribution >= 4 is 0 Å². The summed E-state index contributed by atoms with van der Waals surface area (Å²) in [5.41, 5.74) is 0. The highest BCUT2D eigenvalue weighted by atomic mass is 16.3. The van der Waals surface area contributed by atoms with Gasteiger partial charge in [-0.2, -0.15) is 0 Å². The Labute approximate surface area is 79.9 Å². The molecule has 3 rings (SSSR count). The second-order valence-corrected chi connectivity index (χ2v) is 5.36. The highest BCUT2D eigenvalue weighted by Crippen LogP contribution is 2.54. The zero-order chi connectivity index (χ0) is 8.84. The zero-order valence-corrected chi connectivity index (χ0v) is 8.15. The highest BCUT2D eigenvalue weighted by molar-refractivity contribution is 4.97.